The summed E-state index contributed by atoms with van der Waals surface area (Å²) in [7, 11) is 0. The van der Waals surface area contributed by atoms with Crippen molar-refractivity contribution < 1.29 is 0 Å². The second-order valence-electron chi connectivity index (χ2n) is 15.1. The number of para-hydroxylation sites is 3. The molecule has 0 amide bonds. The second-order valence-corrected chi connectivity index (χ2v) is 15.1. The highest BCUT2D eigenvalue weighted by atomic mass is 15.2. The van der Waals surface area contributed by atoms with Crippen molar-refractivity contribution >= 4 is 54.6 Å². The van der Waals surface area contributed by atoms with Crippen LogP contribution in [0.4, 0.5) is 0 Å². The Labute approximate surface area is 345 Å². The standard InChI is InChI=1S/C54H34N6/c1-5-17-35(18-6-1)50-42-26-13-15-27-45(42)55-54(57-50)60-46-28-16-14-25-41(46)43-33-38(29-31-47(43)60)39-30-32-48-44(34-39)49-51(36-19-7-2-8-20-36)56-52(37-21-9-3-10-22-37)58-53(49)59(48)40-23-11-4-12-24-40/h1-34H. The van der Waals surface area contributed by atoms with Crippen LogP contribution in [-0.2, 0) is 0 Å². The van der Waals surface area contributed by atoms with E-state index in [1.54, 1.807) is 0 Å². The van der Waals surface area contributed by atoms with Crippen LogP contribution in [-0.4, -0.2) is 29.1 Å². The first-order valence-electron chi connectivity index (χ1n) is 20.2. The lowest BCUT2D eigenvalue weighted by Gasteiger charge is -2.12. The molecule has 0 saturated heterocycles. The lowest BCUT2D eigenvalue weighted by Crippen LogP contribution is -2.03. The van der Waals surface area contributed by atoms with E-state index >= 15 is 0 Å². The first kappa shape index (κ1) is 33.9. The third-order valence-electron chi connectivity index (χ3n) is 11.5. The molecular formula is C54H34N6. The Hall–Kier alpha value is -8.22. The normalized spacial score (nSPS) is 11.7. The van der Waals surface area contributed by atoms with Gasteiger partial charge in [0.1, 0.15) is 5.65 Å². The number of nitrogens with zero attached hydrogens (tertiary/aromatic N) is 6. The molecule has 0 N–H and O–H groups in total. The van der Waals surface area contributed by atoms with Crippen molar-refractivity contribution in [3.63, 3.8) is 0 Å². The highest BCUT2D eigenvalue weighted by molar-refractivity contribution is 6.16. The fourth-order valence-corrected chi connectivity index (χ4v) is 8.79. The summed E-state index contributed by atoms with van der Waals surface area (Å²) >= 11 is 0. The minimum atomic E-state index is 0.643. The molecule has 0 saturated carbocycles. The lowest BCUT2D eigenvalue weighted by molar-refractivity contribution is 1.01. The van der Waals surface area contributed by atoms with Gasteiger partial charge in [-0.05, 0) is 59.7 Å². The van der Waals surface area contributed by atoms with E-state index < -0.39 is 0 Å². The first-order chi connectivity index (χ1) is 29.8. The molecule has 0 bridgehead atoms. The number of hydrogen-bond acceptors (Lipinski definition) is 4. The number of hydrogen-bond donors (Lipinski definition) is 0. The zero-order valence-corrected chi connectivity index (χ0v) is 32.3. The summed E-state index contributed by atoms with van der Waals surface area (Å²) in [6.07, 6.45) is 0. The van der Waals surface area contributed by atoms with E-state index in [1.165, 1.54) is 0 Å². The molecule has 0 spiro atoms. The summed E-state index contributed by atoms with van der Waals surface area (Å²) in [5.74, 6) is 1.33. The molecule has 8 aromatic carbocycles. The Morgan fingerprint density at radius 2 is 0.850 bits per heavy atom. The van der Waals surface area contributed by atoms with E-state index in [4.69, 9.17) is 19.9 Å². The van der Waals surface area contributed by atoms with E-state index in [-0.39, 0.29) is 0 Å². The van der Waals surface area contributed by atoms with Crippen molar-refractivity contribution in [2.45, 2.75) is 0 Å². The van der Waals surface area contributed by atoms with Crippen molar-refractivity contribution in [3.05, 3.63) is 206 Å². The molecular weight excluding hydrogens is 733 g/mol. The molecule has 280 valence electrons. The Bertz CT molecular complexity index is 3580. The Balaban J connectivity index is 1.09. The fraction of sp³-hybridized carbons (Fsp3) is 0. The largest absolute Gasteiger partial charge is 0.294 e. The van der Waals surface area contributed by atoms with E-state index in [0.717, 1.165) is 99.5 Å². The SMILES string of the molecule is c1ccc(-c2nc(-c3ccccc3)c3c4cc(-c5ccc6c(c5)c5ccccc5n6-c5nc(-c6ccccc6)c6ccccc6n5)ccc4n(-c4ccccc4)c3n2)cc1. The van der Waals surface area contributed by atoms with Gasteiger partial charge in [0, 0.05) is 43.9 Å². The summed E-state index contributed by atoms with van der Waals surface area (Å²) in [6.45, 7) is 0. The van der Waals surface area contributed by atoms with Crippen LogP contribution in [0.5, 0.6) is 0 Å². The van der Waals surface area contributed by atoms with Crippen molar-refractivity contribution in [2.24, 2.45) is 0 Å². The summed E-state index contributed by atoms with van der Waals surface area (Å²) in [6, 6.07) is 71.9. The number of aromatic nitrogens is 6. The van der Waals surface area contributed by atoms with Crippen LogP contribution in [0.25, 0.3) is 111 Å². The summed E-state index contributed by atoms with van der Waals surface area (Å²) in [5.41, 5.74) is 13.1. The van der Waals surface area contributed by atoms with Crippen LogP contribution < -0.4 is 0 Å². The van der Waals surface area contributed by atoms with Crippen LogP contribution in [0.15, 0.2) is 206 Å². The minimum absolute atomic E-state index is 0.643. The van der Waals surface area contributed by atoms with Gasteiger partial charge in [-0.1, -0.05) is 158 Å². The minimum Gasteiger partial charge on any atom is -0.294 e. The molecule has 12 rings (SSSR count). The van der Waals surface area contributed by atoms with Crippen LogP contribution in [0, 0.1) is 0 Å². The van der Waals surface area contributed by atoms with Crippen LogP contribution >= 0.6 is 0 Å². The predicted molar refractivity (Wildman–Crippen MR) is 246 cm³/mol. The molecule has 0 fully saturated rings. The van der Waals surface area contributed by atoms with Crippen LogP contribution in [0.3, 0.4) is 0 Å². The van der Waals surface area contributed by atoms with Gasteiger partial charge in [-0.2, -0.15) is 0 Å². The van der Waals surface area contributed by atoms with Gasteiger partial charge in [-0.15, -0.1) is 0 Å². The molecule has 0 unspecified atom stereocenters. The maximum absolute atomic E-state index is 5.34. The smallest absolute Gasteiger partial charge is 0.235 e. The molecule has 0 aliphatic heterocycles. The van der Waals surface area contributed by atoms with Gasteiger partial charge >= 0.3 is 0 Å². The lowest BCUT2D eigenvalue weighted by atomic mass is 9.99. The van der Waals surface area contributed by atoms with Gasteiger partial charge < -0.3 is 0 Å². The molecule has 0 radical (unpaired) electrons. The predicted octanol–water partition coefficient (Wildman–Crippen LogP) is 13.3. The third kappa shape index (κ3) is 5.42. The molecule has 6 nitrogen and oxygen atoms in total. The Morgan fingerprint density at radius 1 is 0.317 bits per heavy atom. The second kappa shape index (κ2) is 13.7. The molecule has 4 aromatic heterocycles. The average molecular weight is 767 g/mol. The topological polar surface area (TPSA) is 61.4 Å². The van der Waals surface area contributed by atoms with E-state index in [1.807, 2.05) is 42.5 Å². The highest BCUT2D eigenvalue weighted by Crippen LogP contribution is 2.41. The monoisotopic (exact) mass is 766 g/mol. The van der Waals surface area contributed by atoms with Gasteiger partial charge in [0.2, 0.25) is 5.95 Å². The van der Waals surface area contributed by atoms with Crippen molar-refractivity contribution in [1.29, 1.82) is 0 Å². The van der Waals surface area contributed by atoms with Gasteiger partial charge in [0.15, 0.2) is 5.82 Å². The van der Waals surface area contributed by atoms with E-state index in [9.17, 15) is 0 Å². The van der Waals surface area contributed by atoms with E-state index in [0.29, 0.717) is 11.8 Å². The summed E-state index contributed by atoms with van der Waals surface area (Å²) in [5, 5.41) is 5.40. The maximum atomic E-state index is 5.34. The Morgan fingerprint density at radius 3 is 1.55 bits per heavy atom. The molecule has 12 aromatic rings. The molecule has 0 atom stereocenters. The average Bonchev–Trinajstić information content (AvgIpc) is 3.84. The summed E-state index contributed by atoms with van der Waals surface area (Å²) < 4.78 is 4.48. The number of benzene rings is 8. The van der Waals surface area contributed by atoms with Crippen molar-refractivity contribution in [2.75, 3.05) is 0 Å². The third-order valence-corrected chi connectivity index (χ3v) is 11.5. The molecule has 6 heteroatoms. The van der Waals surface area contributed by atoms with Gasteiger partial charge in [-0.25, -0.2) is 19.9 Å². The maximum Gasteiger partial charge on any atom is 0.235 e. The van der Waals surface area contributed by atoms with Gasteiger partial charge in [0.25, 0.3) is 0 Å². The summed E-state index contributed by atoms with van der Waals surface area (Å²) in [4.78, 5) is 21.1. The van der Waals surface area contributed by atoms with Gasteiger partial charge in [-0.3, -0.25) is 9.13 Å². The van der Waals surface area contributed by atoms with Crippen molar-refractivity contribution in [1.82, 2.24) is 29.1 Å². The zero-order chi connectivity index (χ0) is 39.6. The molecule has 4 heterocycles. The van der Waals surface area contributed by atoms with Gasteiger partial charge in [0.05, 0.1) is 38.8 Å². The van der Waals surface area contributed by atoms with Crippen LogP contribution in [0.1, 0.15) is 0 Å². The molecule has 60 heavy (non-hydrogen) atoms. The zero-order valence-electron chi connectivity index (χ0n) is 32.3. The molecule has 0 aliphatic rings. The van der Waals surface area contributed by atoms with E-state index in [2.05, 4.69) is 173 Å². The quantitative estimate of drug-likeness (QED) is 0.169. The fourth-order valence-electron chi connectivity index (χ4n) is 8.79. The number of fused-ring (bicyclic) bond motifs is 7. The van der Waals surface area contributed by atoms with Crippen LogP contribution in [0.2, 0.25) is 0 Å². The highest BCUT2D eigenvalue weighted by Gasteiger charge is 2.22. The first-order valence-corrected chi connectivity index (χ1v) is 20.2. The van der Waals surface area contributed by atoms with Crippen molar-refractivity contribution in [3.8, 4) is 56.7 Å². The Kier molecular flexibility index (Phi) is 7.74. The molecule has 0 aliphatic carbocycles. The number of rotatable bonds is 6.